The fourth-order valence-corrected chi connectivity index (χ4v) is 2.26. The summed E-state index contributed by atoms with van der Waals surface area (Å²) >= 11 is 0. The number of rotatable bonds is 5. The fraction of sp³-hybridized carbons (Fsp3) is 0.250. The van der Waals surface area contributed by atoms with E-state index in [1.807, 2.05) is 13.0 Å². The fourth-order valence-electron chi connectivity index (χ4n) is 2.26. The Morgan fingerprint density at radius 1 is 1.24 bits per heavy atom. The molecule has 4 nitrogen and oxygen atoms in total. The van der Waals surface area contributed by atoms with E-state index in [2.05, 4.69) is 5.32 Å². The van der Waals surface area contributed by atoms with Gasteiger partial charge in [-0.15, -0.1) is 0 Å². The molecule has 1 unspecified atom stereocenters. The standard InChI is InChI=1S/C16H17FN2O2/c1-11-13(6-5-9-16(11)19(20)21)10-18-12(2)14-7-3-4-8-15(14)17/h3-9,12,18H,10H2,1-2H3. The van der Waals surface area contributed by atoms with Crippen LogP contribution in [-0.4, -0.2) is 4.92 Å². The van der Waals surface area contributed by atoms with Gasteiger partial charge in [-0.1, -0.05) is 30.3 Å². The second kappa shape index (κ2) is 6.45. The third-order valence-electron chi connectivity index (χ3n) is 3.58. The minimum atomic E-state index is -0.390. The summed E-state index contributed by atoms with van der Waals surface area (Å²) in [6.07, 6.45) is 0. The molecule has 2 rings (SSSR count). The van der Waals surface area contributed by atoms with Crippen molar-refractivity contribution in [1.82, 2.24) is 5.32 Å². The molecule has 1 N–H and O–H groups in total. The van der Waals surface area contributed by atoms with Crippen LogP contribution in [0.4, 0.5) is 10.1 Å². The van der Waals surface area contributed by atoms with Gasteiger partial charge in [0.1, 0.15) is 5.82 Å². The predicted octanol–water partition coefficient (Wildman–Crippen LogP) is 3.89. The summed E-state index contributed by atoms with van der Waals surface area (Å²) < 4.78 is 13.7. The molecule has 0 aliphatic rings. The molecule has 0 heterocycles. The van der Waals surface area contributed by atoms with Crippen LogP contribution in [0, 0.1) is 22.9 Å². The number of nitro groups is 1. The van der Waals surface area contributed by atoms with Gasteiger partial charge in [0.25, 0.3) is 5.69 Å². The molecule has 0 amide bonds. The Hall–Kier alpha value is -2.27. The summed E-state index contributed by atoms with van der Waals surface area (Å²) in [6, 6.07) is 11.4. The first-order chi connectivity index (χ1) is 10.0. The number of hydrogen-bond donors (Lipinski definition) is 1. The lowest BCUT2D eigenvalue weighted by atomic mass is 10.0. The van der Waals surface area contributed by atoms with Gasteiger partial charge in [-0.25, -0.2) is 4.39 Å². The second-order valence-corrected chi connectivity index (χ2v) is 4.94. The first kappa shape index (κ1) is 15.1. The van der Waals surface area contributed by atoms with Gasteiger partial charge in [0, 0.05) is 29.8 Å². The Labute approximate surface area is 122 Å². The van der Waals surface area contributed by atoms with Crippen molar-refractivity contribution in [1.29, 1.82) is 0 Å². The van der Waals surface area contributed by atoms with Crippen molar-refractivity contribution < 1.29 is 9.31 Å². The third kappa shape index (κ3) is 3.44. The molecule has 5 heteroatoms. The summed E-state index contributed by atoms with van der Waals surface area (Å²) in [5.41, 5.74) is 2.16. The van der Waals surface area contributed by atoms with E-state index >= 15 is 0 Å². The predicted molar refractivity (Wildman–Crippen MR) is 79.5 cm³/mol. The molecular weight excluding hydrogens is 271 g/mol. The van der Waals surface area contributed by atoms with Crippen molar-refractivity contribution in [3.63, 3.8) is 0 Å². The lowest BCUT2D eigenvalue weighted by Gasteiger charge is -2.16. The van der Waals surface area contributed by atoms with Crippen LogP contribution in [0.5, 0.6) is 0 Å². The van der Waals surface area contributed by atoms with Crippen LogP contribution in [0.3, 0.4) is 0 Å². The number of hydrogen-bond acceptors (Lipinski definition) is 3. The van der Waals surface area contributed by atoms with Crippen molar-refractivity contribution in [2.45, 2.75) is 26.4 Å². The smallest absolute Gasteiger partial charge is 0.272 e. The Morgan fingerprint density at radius 2 is 1.95 bits per heavy atom. The average molecular weight is 288 g/mol. The van der Waals surface area contributed by atoms with E-state index < -0.39 is 0 Å². The van der Waals surface area contributed by atoms with Gasteiger partial charge < -0.3 is 5.32 Å². The van der Waals surface area contributed by atoms with Gasteiger partial charge in [-0.3, -0.25) is 10.1 Å². The maximum atomic E-state index is 13.7. The largest absolute Gasteiger partial charge is 0.306 e. The van der Waals surface area contributed by atoms with Crippen LogP contribution >= 0.6 is 0 Å². The van der Waals surface area contributed by atoms with E-state index in [1.54, 1.807) is 31.2 Å². The van der Waals surface area contributed by atoms with Crippen molar-refractivity contribution in [2.75, 3.05) is 0 Å². The Balaban J connectivity index is 2.12. The normalized spacial score (nSPS) is 12.1. The first-order valence-electron chi connectivity index (χ1n) is 6.71. The Bertz CT molecular complexity index is 658. The topological polar surface area (TPSA) is 55.2 Å². The molecule has 110 valence electrons. The molecule has 0 saturated carbocycles. The van der Waals surface area contributed by atoms with Crippen LogP contribution in [0.1, 0.15) is 29.7 Å². The molecule has 0 saturated heterocycles. The molecule has 0 aliphatic carbocycles. The summed E-state index contributed by atoms with van der Waals surface area (Å²) in [4.78, 5) is 10.5. The van der Waals surface area contributed by atoms with Gasteiger partial charge in [0.05, 0.1) is 4.92 Å². The van der Waals surface area contributed by atoms with Crippen LogP contribution < -0.4 is 5.32 Å². The average Bonchev–Trinajstić information content (AvgIpc) is 2.46. The van der Waals surface area contributed by atoms with Gasteiger partial charge in [-0.05, 0) is 25.5 Å². The van der Waals surface area contributed by atoms with Gasteiger partial charge in [-0.2, -0.15) is 0 Å². The molecule has 0 aromatic heterocycles. The Kier molecular flexibility index (Phi) is 4.65. The summed E-state index contributed by atoms with van der Waals surface area (Å²) in [5.74, 6) is -0.256. The van der Waals surface area contributed by atoms with Gasteiger partial charge in [0.15, 0.2) is 0 Å². The van der Waals surface area contributed by atoms with Crippen LogP contribution in [0.15, 0.2) is 42.5 Å². The SMILES string of the molecule is Cc1c(CNC(C)c2ccccc2F)cccc1[N+](=O)[O-]. The zero-order valence-corrected chi connectivity index (χ0v) is 12.0. The molecule has 2 aromatic carbocycles. The second-order valence-electron chi connectivity index (χ2n) is 4.94. The molecule has 21 heavy (non-hydrogen) atoms. The summed E-state index contributed by atoms with van der Waals surface area (Å²) in [7, 11) is 0. The van der Waals surface area contributed by atoms with Crippen molar-refractivity contribution in [3.05, 3.63) is 75.1 Å². The highest BCUT2D eigenvalue weighted by Crippen LogP contribution is 2.22. The van der Waals surface area contributed by atoms with E-state index in [0.29, 0.717) is 17.7 Å². The van der Waals surface area contributed by atoms with Gasteiger partial charge >= 0.3 is 0 Å². The minimum Gasteiger partial charge on any atom is -0.306 e. The maximum Gasteiger partial charge on any atom is 0.272 e. The Morgan fingerprint density at radius 3 is 2.62 bits per heavy atom. The number of nitro benzene ring substituents is 1. The minimum absolute atomic E-state index is 0.104. The molecule has 2 aromatic rings. The number of halogens is 1. The van der Waals surface area contributed by atoms with Crippen molar-refractivity contribution in [3.8, 4) is 0 Å². The third-order valence-corrected chi connectivity index (χ3v) is 3.58. The molecule has 0 radical (unpaired) electrons. The quantitative estimate of drug-likeness (QED) is 0.670. The highest BCUT2D eigenvalue weighted by molar-refractivity contribution is 5.44. The van der Waals surface area contributed by atoms with Crippen molar-refractivity contribution >= 4 is 5.69 Å². The lowest BCUT2D eigenvalue weighted by molar-refractivity contribution is -0.385. The zero-order valence-electron chi connectivity index (χ0n) is 12.0. The number of nitrogens with one attached hydrogen (secondary N) is 1. The highest BCUT2D eigenvalue weighted by Gasteiger charge is 2.14. The molecular formula is C16H17FN2O2. The van der Waals surface area contributed by atoms with E-state index in [0.717, 1.165) is 5.56 Å². The van der Waals surface area contributed by atoms with Crippen molar-refractivity contribution in [2.24, 2.45) is 0 Å². The molecule has 0 fully saturated rings. The van der Waals surface area contributed by atoms with Crippen LogP contribution in [0.25, 0.3) is 0 Å². The monoisotopic (exact) mass is 288 g/mol. The molecule has 0 bridgehead atoms. The summed E-state index contributed by atoms with van der Waals surface area (Å²) in [6.45, 7) is 4.04. The number of nitrogens with zero attached hydrogens (tertiary/aromatic N) is 1. The molecule has 1 atom stereocenters. The zero-order chi connectivity index (χ0) is 15.4. The van der Waals surface area contributed by atoms with Crippen LogP contribution in [0.2, 0.25) is 0 Å². The molecule has 0 aliphatic heterocycles. The maximum absolute atomic E-state index is 13.7. The van der Waals surface area contributed by atoms with E-state index in [4.69, 9.17) is 0 Å². The van der Waals surface area contributed by atoms with E-state index in [1.165, 1.54) is 12.1 Å². The van der Waals surface area contributed by atoms with E-state index in [-0.39, 0.29) is 22.5 Å². The first-order valence-corrected chi connectivity index (χ1v) is 6.71. The lowest BCUT2D eigenvalue weighted by Crippen LogP contribution is -2.19. The summed E-state index contributed by atoms with van der Waals surface area (Å²) in [5, 5.41) is 14.1. The van der Waals surface area contributed by atoms with Crippen LogP contribution in [-0.2, 0) is 6.54 Å². The van der Waals surface area contributed by atoms with E-state index in [9.17, 15) is 14.5 Å². The number of benzene rings is 2. The van der Waals surface area contributed by atoms with Gasteiger partial charge in [0.2, 0.25) is 0 Å². The molecule has 0 spiro atoms. The highest BCUT2D eigenvalue weighted by atomic mass is 19.1.